The summed E-state index contributed by atoms with van der Waals surface area (Å²) in [7, 11) is -4.01. The Morgan fingerprint density at radius 1 is 1.17 bits per heavy atom. The molecule has 0 spiro atoms. The van der Waals surface area contributed by atoms with Crippen molar-refractivity contribution in [1.29, 1.82) is 0 Å². The lowest BCUT2D eigenvalue weighted by atomic mass is 10.2. The second-order valence-corrected chi connectivity index (χ2v) is 9.32. The Balaban J connectivity index is 1.77. The quantitative estimate of drug-likeness (QED) is 0.726. The van der Waals surface area contributed by atoms with Crippen molar-refractivity contribution in [3.05, 3.63) is 59.6 Å². The average Bonchev–Trinajstić information content (AvgIpc) is 2.96. The van der Waals surface area contributed by atoms with E-state index in [0.29, 0.717) is 10.7 Å². The summed E-state index contributed by atoms with van der Waals surface area (Å²) in [5.41, 5.74) is 0.625. The first kappa shape index (κ1) is 21.4. The van der Waals surface area contributed by atoms with Crippen LogP contribution in [0.25, 0.3) is 0 Å². The first-order valence-electron chi connectivity index (χ1n) is 8.73. The molecule has 1 fully saturated rings. The molecule has 2 aromatic rings. The van der Waals surface area contributed by atoms with Gasteiger partial charge >= 0.3 is 0 Å². The van der Waals surface area contributed by atoms with Crippen molar-refractivity contribution < 1.29 is 18.0 Å². The van der Waals surface area contributed by atoms with Crippen LogP contribution in [0.3, 0.4) is 0 Å². The highest BCUT2D eigenvalue weighted by molar-refractivity contribution is 8.16. The van der Waals surface area contributed by atoms with Gasteiger partial charge in [0.15, 0.2) is 5.17 Å². The topological polar surface area (TPSA) is 95.9 Å². The fraction of sp³-hybridized carbons (Fsp3) is 0.211. The van der Waals surface area contributed by atoms with Gasteiger partial charge in [-0.3, -0.25) is 14.5 Å². The van der Waals surface area contributed by atoms with Crippen LogP contribution in [0.15, 0.2) is 63.9 Å². The van der Waals surface area contributed by atoms with E-state index in [0.717, 1.165) is 11.8 Å². The summed E-state index contributed by atoms with van der Waals surface area (Å²) in [5, 5.41) is 2.45. The van der Waals surface area contributed by atoms with Crippen LogP contribution in [-0.2, 0) is 19.6 Å². The van der Waals surface area contributed by atoms with Crippen LogP contribution in [0.1, 0.15) is 13.3 Å². The minimum absolute atomic E-state index is 0.0243. The number of rotatable bonds is 6. The number of benzene rings is 2. The molecule has 1 heterocycles. The van der Waals surface area contributed by atoms with Crippen molar-refractivity contribution in [3.63, 3.8) is 0 Å². The number of amides is 2. The zero-order valence-electron chi connectivity index (χ0n) is 15.4. The van der Waals surface area contributed by atoms with Crippen LogP contribution in [-0.4, -0.2) is 42.1 Å². The molecule has 29 heavy (non-hydrogen) atoms. The number of amidine groups is 1. The number of sulfonamides is 1. The molecule has 1 atom stereocenters. The molecule has 2 aromatic carbocycles. The molecule has 7 nitrogen and oxygen atoms in total. The lowest BCUT2D eigenvalue weighted by Crippen LogP contribution is -2.33. The van der Waals surface area contributed by atoms with Crippen LogP contribution in [0, 0.1) is 0 Å². The van der Waals surface area contributed by atoms with E-state index in [2.05, 4.69) is 9.71 Å². The summed E-state index contributed by atoms with van der Waals surface area (Å²) in [4.78, 5) is 26.2. The minimum Gasteiger partial charge on any atom is -0.326 e. The Morgan fingerprint density at radius 2 is 1.83 bits per heavy atom. The Labute approximate surface area is 178 Å². The Hall–Kier alpha value is -2.36. The second-order valence-electron chi connectivity index (χ2n) is 6.11. The number of thioether (sulfide) groups is 1. The number of hydrogen-bond donors (Lipinski definition) is 1. The second kappa shape index (κ2) is 8.98. The number of hydrogen-bond acceptors (Lipinski definition) is 5. The summed E-state index contributed by atoms with van der Waals surface area (Å²) in [6.07, 6.45) is -0.0884. The van der Waals surface area contributed by atoms with Gasteiger partial charge in [0.1, 0.15) is 5.25 Å². The smallest absolute Gasteiger partial charge is 0.284 e. The monoisotopic (exact) mass is 451 g/mol. The van der Waals surface area contributed by atoms with Gasteiger partial charge in [0.05, 0.1) is 4.90 Å². The maximum atomic E-state index is 12.6. The van der Waals surface area contributed by atoms with Gasteiger partial charge in [-0.2, -0.15) is 8.42 Å². The van der Waals surface area contributed by atoms with E-state index in [-0.39, 0.29) is 34.8 Å². The van der Waals surface area contributed by atoms with E-state index in [1.165, 1.54) is 29.2 Å². The fourth-order valence-corrected chi connectivity index (χ4v) is 5.21. The molecule has 1 aliphatic heterocycles. The van der Waals surface area contributed by atoms with E-state index < -0.39 is 15.3 Å². The first-order valence-corrected chi connectivity index (χ1v) is 11.4. The van der Waals surface area contributed by atoms with Gasteiger partial charge in [-0.1, -0.05) is 41.6 Å². The van der Waals surface area contributed by atoms with Crippen molar-refractivity contribution in [2.45, 2.75) is 23.5 Å². The largest absolute Gasteiger partial charge is 0.326 e. The molecular formula is C19H18ClN3O4S2. The van der Waals surface area contributed by atoms with E-state index in [1.54, 1.807) is 31.2 Å². The Morgan fingerprint density at radius 3 is 2.45 bits per heavy atom. The molecule has 2 amide bonds. The SMILES string of the molecule is CCN1C(=O)[C@H](CC(=O)Nc2ccccc2)SC1=NS(=O)(=O)c1ccc(Cl)cc1. The minimum atomic E-state index is -4.01. The summed E-state index contributed by atoms with van der Waals surface area (Å²) >= 11 is 6.77. The fourth-order valence-electron chi connectivity index (χ4n) is 2.66. The van der Waals surface area contributed by atoms with E-state index in [9.17, 15) is 18.0 Å². The maximum Gasteiger partial charge on any atom is 0.284 e. The average molecular weight is 452 g/mol. The van der Waals surface area contributed by atoms with Crippen LogP contribution in [0.5, 0.6) is 0 Å². The highest BCUT2D eigenvalue weighted by Crippen LogP contribution is 2.31. The Kier molecular flexibility index (Phi) is 6.61. The molecule has 0 bridgehead atoms. The third kappa shape index (κ3) is 5.17. The van der Waals surface area contributed by atoms with Gasteiger partial charge in [0, 0.05) is 23.7 Å². The summed E-state index contributed by atoms with van der Waals surface area (Å²) in [5.74, 6) is -0.675. The van der Waals surface area contributed by atoms with Crippen molar-refractivity contribution >= 4 is 56.1 Å². The highest BCUT2D eigenvalue weighted by atomic mass is 35.5. The predicted molar refractivity (Wildman–Crippen MR) is 115 cm³/mol. The lowest BCUT2D eigenvalue weighted by Gasteiger charge is -2.13. The van der Waals surface area contributed by atoms with Crippen LogP contribution >= 0.6 is 23.4 Å². The summed E-state index contributed by atoms with van der Waals surface area (Å²) in [6.45, 7) is 1.97. The van der Waals surface area contributed by atoms with Crippen LogP contribution in [0.2, 0.25) is 5.02 Å². The number of halogens is 1. The first-order chi connectivity index (χ1) is 13.8. The molecule has 0 aliphatic carbocycles. The molecule has 10 heteroatoms. The van der Waals surface area contributed by atoms with Gasteiger partial charge < -0.3 is 5.32 Å². The molecular weight excluding hydrogens is 434 g/mol. The number of carbonyl (C=O) groups excluding carboxylic acids is 2. The number of para-hydroxylation sites is 1. The summed E-state index contributed by atoms with van der Waals surface area (Å²) < 4.78 is 29.0. The number of carbonyl (C=O) groups is 2. The van der Waals surface area contributed by atoms with E-state index in [1.807, 2.05) is 6.07 Å². The van der Waals surface area contributed by atoms with E-state index >= 15 is 0 Å². The maximum absolute atomic E-state index is 12.6. The van der Waals surface area contributed by atoms with Crippen molar-refractivity contribution in [2.24, 2.45) is 4.40 Å². The van der Waals surface area contributed by atoms with Crippen molar-refractivity contribution in [2.75, 3.05) is 11.9 Å². The molecule has 0 saturated carbocycles. The standard InChI is InChI=1S/C19H18ClN3O4S2/c1-2-23-18(25)16(12-17(24)21-14-6-4-3-5-7-14)28-19(23)22-29(26,27)15-10-8-13(20)9-11-15/h3-11,16H,2,12H2,1H3,(H,21,24)/t16-/m0/s1. The molecule has 3 rings (SSSR count). The van der Waals surface area contributed by atoms with Gasteiger partial charge in [-0.05, 0) is 43.3 Å². The molecule has 1 N–H and O–H groups in total. The number of nitrogens with one attached hydrogen (secondary N) is 1. The normalized spacial score (nSPS) is 18.3. The summed E-state index contributed by atoms with van der Waals surface area (Å²) in [6, 6.07) is 14.5. The molecule has 0 unspecified atom stereocenters. The van der Waals surface area contributed by atoms with Gasteiger partial charge in [-0.25, -0.2) is 0 Å². The zero-order valence-corrected chi connectivity index (χ0v) is 17.8. The van der Waals surface area contributed by atoms with Gasteiger partial charge in [0.25, 0.3) is 10.0 Å². The molecule has 0 aromatic heterocycles. The highest BCUT2D eigenvalue weighted by Gasteiger charge is 2.39. The molecule has 152 valence electrons. The lowest BCUT2D eigenvalue weighted by molar-refractivity contribution is -0.128. The molecule has 1 saturated heterocycles. The van der Waals surface area contributed by atoms with Crippen LogP contribution in [0.4, 0.5) is 5.69 Å². The Bertz CT molecular complexity index is 1040. The molecule has 0 radical (unpaired) electrons. The van der Waals surface area contributed by atoms with Crippen molar-refractivity contribution in [3.8, 4) is 0 Å². The van der Waals surface area contributed by atoms with Crippen molar-refractivity contribution in [1.82, 2.24) is 4.90 Å². The number of nitrogens with zero attached hydrogens (tertiary/aromatic N) is 2. The third-order valence-corrected chi connectivity index (χ3v) is 6.90. The van der Waals surface area contributed by atoms with Gasteiger partial charge in [-0.15, -0.1) is 4.40 Å². The predicted octanol–water partition coefficient (Wildman–Crippen LogP) is 3.38. The van der Waals surface area contributed by atoms with Crippen LogP contribution < -0.4 is 5.32 Å². The molecule has 1 aliphatic rings. The van der Waals surface area contributed by atoms with Gasteiger partial charge in [0.2, 0.25) is 11.8 Å². The zero-order chi connectivity index (χ0) is 21.0. The third-order valence-electron chi connectivity index (χ3n) is 4.07. The number of anilines is 1. The van der Waals surface area contributed by atoms with E-state index in [4.69, 9.17) is 11.6 Å².